The van der Waals surface area contributed by atoms with Gasteiger partial charge < -0.3 is 15.0 Å². The smallest absolute Gasteiger partial charge is 0.416 e. The van der Waals surface area contributed by atoms with Gasteiger partial charge >= 0.3 is 12.3 Å². The van der Waals surface area contributed by atoms with Gasteiger partial charge in [0.1, 0.15) is 6.61 Å². The number of rotatable bonds is 4. The molecule has 0 radical (unpaired) electrons. The highest BCUT2D eigenvalue weighted by molar-refractivity contribution is 6.31. The molecular weight excluding hydrogens is 435 g/mol. The Morgan fingerprint density at radius 1 is 1.23 bits per heavy atom. The zero-order chi connectivity index (χ0) is 21.9. The van der Waals surface area contributed by atoms with E-state index in [1.54, 1.807) is 0 Å². The van der Waals surface area contributed by atoms with E-state index < -0.39 is 52.2 Å². The number of nitrogens with zero attached hydrogens (tertiary/aromatic N) is 1. The van der Waals surface area contributed by atoms with Crippen LogP contribution in [0.3, 0.4) is 0 Å². The Bertz CT molecular complexity index is 879. The van der Waals surface area contributed by atoms with Crippen molar-refractivity contribution in [2.24, 2.45) is 11.8 Å². The molecule has 3 aliphatic rings. The normalized spacial score (nSPS) is 26.8. The molecule has 1 aliphatic carbocycles. The summed E-state index contributed by atoms with van der Waals surface area (Å²) < 4.78 is 72.1. The fourth-order valence-electron chi connectivity index (χ4n) is 4.37. The summed E-state index contributed by atoms with van der Waals surface area (Å²) in [5.41, 5.74) is -2.23. The van der Waals surface area contributed by atoms with Crippen molar-refractivity contribution in [1.82, 2.24) is 10.2 Å². The number of amides is 2. The fraction of sp³-hybridized carbons (Fsp3) is 0.579. The molecule has 5 nitrogen and oxygen atoms in total. The lowest BCUT2D eigenvalue weighted by Crippen LogP contribution is -2.61. The number of carbonyl (C=O) groups excluding carboxylic acids is 2. The highest BCUT2D eigenvalue weighted by Gasteiger charge is 2.54. The Hall–Kier alpha value is -2.10. The first kappa shape index (κ1) is 21.1. The van der Waals surface area contributed by atoms with Crippen LogP contribution >= 0.6 is 11.6 Å². The van der Waals surface area contributed by atoms with Crippen LogP contribution in [0.15, 0.2) is 18.2 Å². The van der Waals surface area contributed by atoms with Crippen LogP contribution in [0.25, 0.3) is 0 Å². The molecule has 1 aromatic carbocycles. The number of carbonyl (C=O) groups is 2. The number of hydrogen-bond donors (Lipinski definition) is 1. The molecule has 1 spiro atoms. The summed E-state index contributed by atoms with van der Waals surface area (Å²) in [5, 5.41) is 2.05. The van der Waals surface area contributed by atoms with Crippen LogP contribution in [-0.2, 0) is 21.6 Å². The number of halogens is 6. The minimum Gasteiger partial charge on any atom is -0.447 e. The van der Waals surface area contributed by atoms with Gasteiger partial charge in [-0.3, -0.25) is 4.79 Å². The van der Waals surface area contributed by atoms with E-state index in [0.717, 1.165) is 0 Å². The lowest BCUT2D eigenvalue weighted by Gasteiger charge is -2.48. The summed E-state index contributed by atoms with van der Waals surface area (Å²) in [7, 11) is 0. The zero-order valence-electron chi connectivity index (χ0n) is 15.6. The van der Waals surface area contributed by atoms with Gasteiger partial charge in [-0.1, -0.05) is 17.7 Å². The van der Waals surface area contributed by atoms with Crippen molar-refractivity contribution in [2.75, 3.05) is 19.7 Å². The SMILES string of the molecule is O=C1NC2(CO1)CC(C(=O)N1CC(CC(F)(F)c3ccc(C(F)(F)F)cc3Cl)C1)C2. The van der Waals surface area contributed by atoms with Crippen molar-refractivity contribution in [1.29, 1.82) is 0 Å². The molecule has 2 amide bonds. The first-order valence-electron chi connectivity index (χ1n) is 9.37. The molecule has 3 fully saturated rings. The molecule has 4 rings (SSSR count). The molecule has 0 atom stereocenters. The molecule has 164 valence electrons. The van der Waals surface area contributed by atoms with Crippen LogP contribution in [0.5, 0.6) is 0 Å². The van der Waals surface area contributed by atoms with Crippen molar-refractivity contribution in [3.8, 4) is 0 Å². The summed E-state index contributed by atoms with van der Waals surface area (Å²) in [4.78, 5) is 25.1. The summed E-state index contributed by atoms with van der Waals surface area (Å²) in [6, 6.07) is 1.79. The van der Waals surface area contributed by atoms with Crippen LogP contribution in [0, 0.1) is 11.8 Å². The van der Waals surface area contributed by atoms with Crippen molar-refractivity contribution in [2.45, 2.75) is 36.9 Å². The van der Waals surface area contributed by atoms with Gasteiger partial charge in [-0.15, -0.1) is 0 Å². The summed E-state index contributed by atoms with van der Waals surface area (Å²) in [5.74, 6) is -4.31. The largest absolute Gasteiger partial charge is 0.447 e. The summed E-state index contributed by atoms with van der Waals surface area (Å²) in [6.45, 7) is 0.524. The zero-order valence-corrected chi connectivity index (χ0v) is 16.3. The van der Waals surface area contributed by atoms with Crippen molar-refractivity contribution in [3.63, 3.8) is 0 Å². The van der Waals surface area contributed by atoms with Gasteiger partial charge in [-0.2, -0.15) is 13.2 Å². The molecule has 0 bridgehead atoms. The molecule has 2 heterocycles. The monoisotopic (exact) mass is 452 g/mol. The number of cyclic esters (lactones) is 1. The van der Waals surface area contributed by atoms with Gasteiger partial charge in [0.15, 0.2) is 0 Å². The molecule has 0 unspecified atom stereocenters. The van der Waals surface area contributed by atoms with Gasteiger partial charge in [0.2, 0.25) is 5.91 Å². The maximum atomic E-state index is 14.6. The molecule has 2 aliphatic heterocycles. The molecule has 11 heteroatoms. The second-order valence-corrected chi connectivity index (χ2v) is 8.70. The molecular formula is C19H18ClF5N2O3. The predicted octanol–water partition coefficient (Wildman–Crippen LogP) is 4.19. The number of nitrogens with one attached hydrogen (secondary N) is 1. The Morgan fingerprint density at radius 2 is 1.90 bits per heavy atom. The fourth-order valence-corrected chi connectivity index (χ4v) is 4.69. The van der Waals surface area contributed by atoms with Gasteiger partial charge in [0.25, 0.3) is 5.92 Å². The topological polar surface area (TPSA) is 58.6 Å². The lowest BCUT2D eigenvalue weighted by atomic mass is 9.68. The van der Waals surface area contributed by atoms with E-state index in [1.807, 2.05) is 0 Å². The number of alkyl carbamates (subject to hydrolysis) is 1. The van der Waals surface area contributed by atoms with E-state index in [1.165, 1.54) is 4.90 Å². The molecule has 30 heavy (non-hydrogen) atoms. The van der Waals surface area contributed by atoms with Crippen LogP contribution < -0.4 is 5.32 Å². The maximum Gasteiger partial charge on any atom is 0.416 e. The van der Waals surface area contributed by atoms with Crippen LogP contribution in [0.1, 0.15) is 30.4 Å². The van der Waals surface area contributed by atoms with E-state index in [0.29, 0.717) is 31.0 Å². The van der Waals surface area contributed by atoms with Crippen LogP contribution in [0.4, 0.5) is 26.7 Å². The van der Waals surface area contributed by atoms with E-state index in [-0.39, 0.29) is 31.5 Å². The third-order valence-electron chi connectivity index (χ3n) is 5.97. The van der Waals surface area contributed by atoms with Gasteiger partial charge in [-0.25, -0.2) is 13.6 Å². The van der Waals surface area contributed by atoms with Crippen LogP contribution in [0.2, 0.25) is 5.02 Å². The highest BCUT2D eigenvalue weighted by atomic mass is 35.5. The predicted molar refractivity (Wildman–Crippen MR) is 95.0 cm³/mol. The van der Waals surface area contributed by atoms with E-state index in [4.69, 9.17) is 16.3 Å². The Morgan fingerprint density at radius 3 is 2.43 bits per heavy atom. The summed E-state index contributed by atoms with van der Waals surface area (Å²) >= 11 is 5.70. The first-order valence-corrected chi connectivity index (χ1v) is 9.75. The van der Waals surface area contributed by atoms with E-state index in [9.17, 15) is 31.5 Å². The maximum absolute atomic E-state index is 14.6. The lowest BCUT2D eigenvalue weighted by molar-refractivity contribution is -0.150. The number of likely N-dealkylation sites (tertiary alicyclic amines) is 1. The number of ether oxygens (including phenoxy) is 1. The van der Waals surface area contributed by atoms with Gasteiger partial charge in [0.05, 0.1) is 16.1 Å². The van der Waals surface area contributed by atoms with Gasteiger partial charge in [0, 0.05) is 36.9 Å². The average Bonchev–Trinajstić information content (AvgIpc) is 2.97. The Labute approximate surface area is 173 Å². The third kappa shape index (κ3) is 3.81. The number of benzene rings is 1. The van der Waals surface area contributed by atoms with Crippen molar-refractivity contribution >= 4 is 23.6 Å². The van der Waals surface area contributed by atoms with Gasteiger partial charge in [-0.05, 0) is 25.0 Å². The molecule has 1 aromatic rings. The highest BCUT2D eigenvalue weighted by Crippen LogP contribution is 2.45. The quantitative estimate of drug-likeness (QED) is 0.697. The van der Waals surface area contributed by atoms with Crippen LogP contribution in [-0.4, -0.2) is 42.1 Å². The Kier molecular flexibility index (Phi) is 4.91. The number of hydrogen-bond acceptors (Lipinski definition) is 3. The minimum absolute atomic E-state index is 0.145. The second-order valence-electron chi connectivity index (χ2n) is 8.30. The minimum atomic E-state index is -4.67. The number of alkyl halides is 5. The van der Waals surface area contributed by atoms with E-state index >= 15 is 0 Å². The second kappa shape index (κ2) is 6.96. The standard InChI is InChI=1S/C19H18ClF5N2O3/c20-14-3-12(19(23,24)25)1-2-13(14)18(21,22)4-10-7-27(8-10)15(28)11-5-17(6-11)9-30-16(29)26-17/h1-3,10-11H,4-9H2,(H,26,29). The first-order chi connectivity index (χ1) is 13.9. The van der Waals surface area contributed by atoms with Crippen molar-refractivity contribution in [3.05, 3.63) is 34.3 Å². The summed E-state index contributed by atoms with van der Waals surface area (Å²) in [6.07, 6.45) is -4.87. The average molecular weight is 453 g/mol. The van der Waals surface area contributed by atoms with E-state index in [2.05, 4.69) is 5.32 Å². The third-order valence-corrected chi connectivity index (χ3v) is 6.29. The molecule has 2 saturated heterocycles. The molecule has 1 N–H and O–H groups in total. The van der Waals surface area contributed by atoms with Crippen molar-refractivity contribution < 1.29 is 36.3 Å². The molecule has 0 aromatic heterocycles. The Balaban J connectivity index is 1.30. The molecule has 1 saturated carbocycles.